The molecule has 4 rings (SSSR count). The van der Waals surface area contributed by atoms with Crippen molar-refractivity contribution in [1.29, 1.82) is 0 Å². The van der Waals surface area contributed by atoms with Gasteiger partial charge in [0.15, 0.2) is 5.17 Å². The standard InChI is InChI=1S/C24H26ClN3O4S2/c1-16-7-11-18(12-8-16)26-22(29)15-21-23(30)28(19-5-3-2-4-6-19)24(33-21)27-34(31,32)20-13-9-17(25)10-14-20/h7-14,19,21H,2-6,15H2,1H3,(H,26,29)/b27-24+. The number of aryl methyl sites for hydroxylation is 1. The van der Waals surface area contributed by atoms with Crippen LogP contribution in [0.4, 0.5) is 5.69 Å². The maximum absolute atomic E-state index is 13.3. The highest BCUT2D eigenvalue weighted by molar-refractivity contribution is 8.16. The second kappa shape index (κ2) is 10.5. The van der Waals surface area contributed by atoms with Crippen molar-refractivity contribution in [2.45, 2.75) is 61.6 Å². The summed E-state index contributed by atoms with van der Waals surface area (Å²) in [5.74, 6) is -0.568. The fourth-order valence-corrected chi connectivity index (χ4v) is 6.66. The van der Waals surface area contributed by atoms with Crippen LogP contribution in [-0.4, -0.2) is 41.6 Å². The number of rotatable bonds is 6. The summed E-state index contributed by atoms with van der Waals surface area (Å²) < 4.78 is 30.0. The van der Waals surface area contributed by atoms with Crippen molar-refractivity contribution >= 4 is 56.1 Å². The predicted octanol–water partition coefficient (Wildman–Crippen LogP) is 5.00. The molecule has 0 aromatic heterocycles. The Kier molecular flexibility index (Phi) is 7.64. The third kappa shape index (κ3) is 5.82. The van der Waals surface area contributed by atoms with Gasteiger partial charge in [0.05, 0.1) is 4.90 Å². The Hall–Kier alpha value is -2.36. The maximum Gasteiger partial charge on any atom is 0.284 e. The molecule has 0 bridgehead atoms. The number of hydrogen-bond acceptors (Lipinski definition) is 5. The van der Waals surface area contributed by atoms with Crippen LogP contribution in [0.15, 0.2) is 57.8 Å². The second-order valence-electron chi connectivity index (χ2n) is 8.53. The van der Waals surface area contributed by atoms with Gasteiger partial charge in [-0.3, -0.25) is 14.5 Å². The molecule has 180 valence electrons. The van der Waals surface area contributed by atoms with E-state index < -0.39 is 15.3 Å². The first-order valence-electron chi connectivity index (χ1n) is 11.2. The van der Waals surface area contributed by atoms with Crippen molar-refractivity contribution in [2.24, 2.45) is 4.40 Å². The van der Waals surface area contributed by atoms with Crippen molar-refractivity contribution in [3.63, 3.8) is 0 Å². The van der Waals surface area contributed by atoms with E-state index >= 15 is 0 Å². The highest BCUT2D eigenvalue weighted by Crippen LogP contribution is 2.36. The predicted molar refractivity (Wildman–Crippen MR) is 136 cm³/mol. The fourth-order valence-electron chi connectivity index (χ4n) is 4.13. The smallest absolute Gasteiger partial charge is 0.284 e. The molecule has 2 aliphatic rings. The number of nitrogens with zero attached hydrogens (tertiary/aromatic N) is 2. The lowest BCUT2D eigenvalue weighted by molar-refractivity contribution is -0.130. The van der Waals surface area contributed by atoms with E-state index in [1.165, 1.54) is 29.2 Å². The second-order valence-corrected chi connectivity index (χ2v) is 11.7. The lowest BCUT2D eigenvalue weighted by atomic mass is 9.94. The Morgan fingerprint density at radius 3 is 2.38 bits per heavy atom. The van der Waals surface area contributed by atoms with E-state index in [2.05, 4.69) is 9.71 Å². The van der Waals surface area contributed by atoms with Gasteiger partial charge in [-0.05, 0) is 56.2 Å². The first-order valence-corrected chi connectivity index (χ1v) is 13.9. The molecular weight excluding hydrogens is 494 g/mol. The number of thioether (sulfide) groups is 1. The van der Waals surface area contributed by atoms with Crippen LogP contribution in [-0.2, 0) is 19.6 Å². The molecule has 2 aromatic carbocycles. The van der Waals surface area contributed by atoms with Gasteiger partial charge in [-0.25, -0.2) is 0 Å². The van der Waals surface area contributed by atoms with E-state index in [0.29, 0.717) is 10.7 Å². The summed E-state index contributed by atoms with van der Waals surface area (Å²) in [6, 6.07) is 13.0. The first kappa shape index (κ1) is 24.8. The average Bonchev–Trinajstić information content (AvgIpc) is 3.10. The Morgan fingerprint density at radius 2 is 1.74 bits per heavy atom. The first-order chi connectivity index (χ1) is 16.2. The van der Waals surface area contributed by atoms with E-state index in [4.69, 9.17) is 11.6 Å². The van der Waals surface area contributed by atoms with Crippen LogP contribution < -0.4 is 5.32 Å². The Morgan fingerprint density at radius 1 is 1.09 bits per heavy atom. The molecule has 0 spiro atoms. The van der Waals surface area contributed by atoms with Crippen molar-refractivity contribution in [2.75, 3.05) is 5.32 Å². The molecule has 1 saturated carbocycles. The molecule has 1 aliphatic carbocycles. The number of carbonyl (C=O) groups excluding carboxylic acids is 2. The molecular formula is C24H26ClN3O4S2. The van der Waals surface area contributed by atoms with Gasteiger partial charge in [0.2, 0.25) is 11.8 Å². The van der Waals surface area contributed by atoms with Gasteiger partial charge in [-0.2, -0.15) is 8.42 Å². The van der Waals surface area contributed by atoms with Crippen LogP contribution in [0.25, 0.3) is 0 Å². The van der Waals surface area contributed by atoms with Crippen molar-refractivity contribution in [3.8, 4) is 0 Å². The fraction of sp³-hybridized carbons (Fsp3) is 0.375. The summed E-state index contributed by atoms with van der Waals surface area (Å²) in [4.78, 5) is 27.5. The molecule has 1 N–H and O–H groups in total. The zero-order chi connectivity index (χ0) is 24.3. The largest absolute Gasteiger partial charge is 0.326 e. The summed E-state index contributed by atoms with van der Waals surface area (Å²) in [6.07, 6.45) is 4.53. The molecule has 1 unspecified atom stereocenters. The molecule has 1 heterocycles. The number of amides is 2. The van der Waals surface area contributed by atoms with Crippen molar-refractivity contribution in [3.05, 3.63) is 59.1 Å². The third-order valence-electron chi connectivity index (χ3n) is 5.92. The molecule has 2 fully saturated rings. The number of anilines is 1. The van der Waals surface area contributed by atoms with Gasteiger partial charge in [0, 0.05) is 23.2 Å². The van der Waals surface area contributed by atoms with Crippen LogP contribution in [0.5, 0.6) is 0 Å². The van der Waals surface area contributed by atoms with Gasteiger partial charge in [-0.15, -0.1) is 4.40 Å². The lowest BCUT2D eigenvalue weighted by Crippen LogP contribution is -2.42. The van der Waals surface area contributed by atoms with Crippen molar-refractivity contribution in [1.82, 2.24) is 4.90 Å². The summed E-state index contributed by atoms with van der Waals surface area (Å²) in [5.41, 5.74) is 1.72. The molecule has 2 amide bonds. The quantitative estimate of drug-likeness (QED) is 0.579. The van der Waals surface area contributed by atoms with Gasteiger partial charge in [-0.1, -0.05) is 60.3 Å². The number of carbonyl (C=O) groups is 2. The van der Waals surface area contributed by atoms with Crippen LogP contribution >= 0.6 is 23.4 Å². The number of sulfonamides is 1. The minimum Gasteiger partial charge on any atom is -0.326 e. The third-order valence-corrected chi connectivity index (χ3v) is 8.72. The Balaban J connectivity index is 1.57. The van der Waals surface area contributed by atoms with E-state index in [0.717, 1.165) is 49.4 Å². The molecule has 1 atom stereocenters. The number of halogens is 1. The minimum atomic E-state index is -4.05. The number of nitrogens with one attached hydrogen (secondary N) is 1. The summed E-state index contributed by atoms with van der Waals surface area (Å²) >= 11 is 6.93. The van der Waals surface area contributed by atoms with Crippen LogP contribution in [0.1, 0.15) is 44.1 Å². The highest BCUT2D eigenvalue weighted by Gasteiger charge is 2.43. The van der Waals surface area contributed by atoms with Gasteiger partial charge in [0.1, 0.15) is 5.25 Å². The zero-order valence-corrected chi connectivity index (χ0v) is 21.1. The minimum absolute atomic E-state index is 0.00149. The average molecular weight is 520 g/mol. The van der Waals surface area contributed by atoms with Gasteiger partial charge < -0.3 is 5.32 Å². The lowest BCUT2D eigenvalue weighted by Gasteiger charge is -2.30. The molecule has 0 radical (unpaired) electrons. The monoisotopic (exact) mass is 519 g/mol. The molecule has 1 saturated heterocycles. The SMILES string of the molecule is Cc1ccc(NC(=O)CC2S/C(=N/S(=O)(=O)c3ccc(Cl)cc3)N(C3CCCCC3)C2=O)cc1. The van der Waals surface area contributed by atoms with E-state index in [-0.39, 0.29) is 34.3 Å². The molecule has 2 aromatic rings. The Bertz CT molecular complexity index is 1190. The summed E-state index contributed by atoms with van der Waals surface area (Å²) in [6.45, 7) is 1.96. The van der Waals surface area contributed by atoms with Gasteiger partial charge >= 0.3 is 0 Å². The van der Waals surface area contributed by atoms with E-state index in [9.17, 15) is 18.0 Å². The number of benzene rings is 2. The highest BCUT2D eigenvalue weighted by atomic mass is 35.5. The summed E-state index contributed by atoms with van der Waals surface area (Å²) in [5, 5.41) is 2.64. The van der Waals surface area contributed by atoms with Crippen LogP contribution in [0, 0.1) is 6.92 Å². The number of hydrogen-bond donors (Lipinski definition) is 1. The zero-order valence-electron chi connectivity index (χ0n) is 18.7. The molecule has 7 nitrogen and oxygen atoms in total. The maximum atomic E-state index is 13.3. The molecule has 34 heavy (non-hydrogen) atoms. The summed E-state index contributed by atoms with van der Waals surface area (Å²) in [7, 11) is -4.05. The topological polar surface area (TPSA) is 95.9 Å². The van der Waals surface area contributed by atoms with Gasteiger partial charge in [0.25, 0.3) is 10.0 Å². The Labute approximate surface area is 209 Å². The van der Waals surface area contributed by atoms with E-state index in [1.54, 1.807) is 12.1 Å². The van der Waals surface area contributed by atoms with Crippen LogP contribution in [0.2, 0.25) is 5.02 Å². The van der Waals surface area contributed by atoms with E-state index in [1.807, 2.05) is 19.1 Å². The molecule has 1 aliphatic heterocycles. The molecule has 10 heteroatoms. The normalized spacial score (nSPS) is 20.6. The van der Waals surface area contributed by atoms with Crippen molar-refractivity contribution < 1.29 is 18.0 Å². The number of amidine groups is 1. The van der Waals surface area contributed by atoms with Crippen LogP contribution in [0.3, 0.4) is 0 Å².